The molecule has 0 bridgehead atoms. The van der Waals surface area contributed by atoms with Crippen molar-refractivity contribution in [2.45, 2.75) is 63.8 Å². The van der Waals surface area contributed by atoms with Crippen LogP contribution < -0.4 is 0 Å². The standard InChI is InChI=1S/C32H42N2O/c1-4-5-19-31(29-15-8-6-9-16-29)35-26-28-14-12-13-27(24-28)25-34-22-20-32(21-23-34,33(2)3)30-17-10-7-11-18-30/h6-18,24,31H,4-5,19-23,25-26H2,1-3H3/t31-/m1/s1. The monoisotopic (exact) mass is 470 g/mol. The van der Waals surface area contributed by atoms with Gasteiger partial charge in [-0.1, -0.05) is 105 Å². The van der Waals surface area contributed by atoms with Gasteiger partial charge >= 0.3 is 0 Å². The van der Waals surface area contributed by atoms with Gasteiger partial charge in [-0.15, -0.1) is 0 Å². The van der Waals surface area contributed by atoms with Crippen molar-refractivity contribution in [1.82, 2.24) is 9.80 Å². The Labute approximate surface area is 212 Å². The SMILES string of the molecule is CCCC[C@@H](OCc1cccc(CN2CCC(c3ccccc3)(N(C)C)CC2)c1)c1ccccc1. The van der Waals surface area contributed by atoms with Gasteiger partial charge in [-0.25, -0.2) is 0 Å². The highest BCUT2D eigenvalue weighted by Crippen LogP contribution is 2.37. The Hall–Kier alpha value is -2.46. The number of likely N-dealkylation sites (tertiary alicyclic amines) is 1. The van der Waals surface area contributed by atoms with E-state index in [0.717, 1.165) is 38.9 Å². The molecule has 0 aliphatic carbocycles. The molecule has 0 unspecified atom stereocenters. The quantitative estimate of drug-likeness (QED) is 0.295. The van der Waals surface area contributed by atoms with Crippen LogP contribution in [0.4, 0.5) is 0 Å². The van der Waals surface area contributed by atoms with Gasteiger partial charge in [0, 0.05) is 25.2 Å². The number of piperidine rings is 1. The number of rotatable bonds is 11. The molecule has 3 heteroatoms. The fourth-order valence-electron chi connectivity index (χ4n) is 5.50. The molecule has 0 N–H and O–H groups in total. The number of unbranched alkanes of at least 4 members (excludes halogenated alkanes) is 1. The van der Waals surface area contributed by atoms with Crippen molar-refractivity contribution >= 4 is 0 Å². The predicted octanol–water partition coefficient (Wildman–Crippen LogP) is 7.19. The lowest BCUT2D eigenvalue weighted by atomic mass is 9.79. The largest absolute Gasteiger partial charge is 0.369 e. The zero-order valence-electron chi connectivity index (χ0n) is 21.8. The summed E-state index contributed by atoms with van der Waals surface area (Å²) in [5.41, 5.74) is 5.52. The summed E-state index contributed by atoms with van der Waals surface area (Å²) in [5, 5.41) is 0. The Morgan fingerprint density at radius 2 is 1.51 bits per heavy atom. The van der Waals surface area contributed by atoms with Crippen LogP contribution in [-0.2, 0) is 23.4 Å². The Bertz CT molecular complexity index is 1010. The first-order valence-electron chi connectivity index (χ1n) is 13.3. The van der Waals surface area contributed by atoms with Gasteiger partial charge in [0.15, 0.2) is 0 Å². The second-order valence-corrected chi connectivity index (χ2v) is 10.2. The average Bonchev–Trinajstić information content (AvgIpc) is 2.90. The summed E-state index contributed by atoms with van der Waals surface area (Å²) in [5.74, 6) is 0. The predicted molar refractivity (Wildman–Crippen MR) is 146 cm³/mol. The van der Waals surface area contributed by atoms with Crippen LogP contribution in [0.15, 0.2) is 84.9 Å². The van der Waals surface area contributed by atoms with Crippen molar-refractivity contribution in [2.75, 3.05) is 27.2 Å². The van der Waals surface area contributed by atoms with E-state index < -0.39 is 0 Å². The Balaban J connectivity index is 1.36. The molecule has 0 amide bonds. The molecule has 3 aromatic rings. The number of benzene rings is 3. The van der Waals surface area contributed by atoms with Gasteiger partial charge in [-0.05, 0) is 55.6 Å². The van der Waals surface area contributed by atoms with E-state index in [1.807, 2.05) is 0 Å². The summed E-state index contributed by atoms with van der Waals surface area (Å²) < 4.78 is 6.44. The van der Waals surface area contributed by atoms with Gasteiger partial charge in [0.05, 0.1) is 12.7 Å². The number of hydrogen-bond donors (Lipinski definition) is 0. The van der Waals surface area contributed by atoms with Crippen LogP contribution in [0, 0.1) is 0 Å². The molecule has 0 radical (unpaired) electrons. The van der Waals surface area contributed by atoms with Crippen LogP contribution in [0.2, 0.25) is 0 Å². The molecule has 1 atom stereocenters. The summed E-state index contributed by atoms with van der Waals surface area (Å²) in [4.78, 5) is 5.04. The molecule has 1 heterocycles. The molecule has 1 fully saturated rings. The molecule has 0 spiro atoms. The maximum absolute atomic E-state index is 6.44. The fourth-order valence-corrected chi connectivity index (χ4v) is 5.50. The minimum atomic E-state index is 0.137. The van der Waals surface area contributed by atoms with E-state index in [-0.39, 0.29) is 11.6 Å². The van der Waals surface area contributed by atoms with Crippen molar-refractivity contribution in [2.24, 2.45) is 0 Å². The molecular weight excluding hydrogens is 428 g/mol. The molecule has 0 saturated carbocycles. The number of hydrogen-bond acceptors (Lipinski definition) is 3. The maximum atomic E-state index is 6.44. The first-order chi connectivity index (χ1) is 17.1. The normalized spacial score (nSPS) is 16.9. The van der Waals surface area contributed by atoms with Gasteiger partial charge < -0.3 is 4.74 Å². The third-order valence-corrected chi connectivity index (χ3v) is 7.69. The van der Waals surface area contributed by atoms with Gasteiger partial charge in [0.25, 0.3) is 0 Å². The van der Waals surface area contributed by atoms with Crippen LogP contribution in [0.25, 0.3) is 0 Å². The second kappa shape index (κ2) is 12.5. The molecule has 1 aliphatic heterocycles. The molecule has 3 aromatic carbocycles. The Kier molecular flexibility index (Phi) is 9.14. The number of nitrogens with zero attached hydrogens (tertiary/aromatic N) is 2. The summed E-state index contributed by atoms with van der Waals surface area (Å²) in [7, 11) is 4.46. The molecule has 3 nitrogen and oxygen atoms in total. The second-order valence-electron chi connectivity index (χ2n) is 10.2. The molecule has 0 aromatic heterocycles. The van der Waals surface area contributed by atoms with Gasteiger partial charge in [0.2, 0.25) is 0 Å². The zero-order valence-corrected chi connectivity index (χ0v) is 21.8. The molecule has 1 saturated heterocycles. The lowest BCUT2D eigenvalue weighted by Gasteiger charge is -2.46. The molecule has 4 rings (SSSR count). The van der Waals surface area contributed by atoms with E-state index in [1.54, 1.807) is 0 Å². The summed E-state index contributed by atoms with van der Waals surface area (Å²) in [6.45, 7) is 6.13. The fraction of sp³-hybridized carbons (Fsp3) is 0.438. The molecule has 1 aliphatic rings. The highest BCUT2D eigenvalue weighted by molar-refractivity contribution is 5.27. The summed E-state index contributed by atoms with van der Waals surface area (Å²) in [6.07, 6.45) is 5.93. The highest BCUT2D eigenvalue weighted by Gasteiger charge is 2.37. The highest BCUT2D eigenvalue weighted by atomic mass is 16.5. The van der Waals surface area contributed by atoms with Crippen molar-refractivity contribution in [3.8, 4) is 0 Å². The van der Waals surface area contributed by atoms with Crippen LogP contribution >= 0.6 is 0 Å². The van der Waals surface area contributed by atoms with Gasteiger partial charge in [-0.2, -0.15) is 0 Å². The Morgan fingerprint density at radius 3 is 2.17 bits per heavy atom. The van der Waals surface area contributed by atoms with Crippen molar-refractivity contribution in [3.63, 3.8) is 0 Å². The van der Waals surface area contributed by atoms with Crippen LogP contribution in [0.3, 0.4) is 0 Å². The van der Waals surface area contributed by atoms with E-state index in [4.69, 9.17) is 4.74 Å². The molecule has 186 valence electrons. The molecular formula is C32H42N2O. The maximum Gasteiger partial charge on any atom is 0.0829 e. The minimum Gasteiger partial charge on any atom is -0.369 e. The minimum absolute atomic E-state index is 0.137. The zero-order chi connectivity index (χ0) is 24.5. The van der Waals surface area contributed by atoms with Crippen molar-refractivity contribution in [3.05, 3.63) is 107 Å². The summed E-state index contributed by atoms with van der Waals surface area (Å²) >= 11 is 0. The lowest BCUT2D eigenvalue weighted by molar-refractivity contribution is 0.0323. The smallest absolute Gasteiger partial charge is 0.0829 e. The average molecular weight is 471 g/mol. The molecule has 35 heavy (non-hydrogen) atoms. The van der Waals surface area contributed by atoms with Crippen LogP contribution in [0.1, 0.15) is 67.4 Å². The Morgan fingerprint density at radius 1 is 0.857 bits per heavy atom. The van der Waals surface area contributed by atoms with E-state index >= 15 is 0 Å². The topological polar surface area (TPSA) is 15.7 Å². The first kappa shape index (κ1) is 25.6. The lowest BCUT2D eigenvalue weighted by Crippen LogP contribution is -2.50. The van der Waals surface area contributed by atoms with E-state index in [2.05, 4.69) is 116 Å². The third-order valence-electron chi connectivity index (χ3n) is 7.69. The van der Waals surface area contributed by atoms with E-state index in [0.29, 0.717) is 6.61 Å². The van der Waals surface area contributed by atoms with Crippen LogP contribution in [0.5, 0.6) is 0 Å². The van der Waals surface area contributed by atoms with Crippen molar-refractivity contribution < 1.29 is 4.74 Å². The van der Waals surface area contributed by atoms with Crippen LogP contribution in [-0.4, -0.2) is 37.0 Å². The third kappa shape index (κ3) is 6.61. The van der Waals surface area contributed by atoms with Crippen molar-refractivity contribution in [1.29, 1.82) is 0 Å². The van der Waals surface area contributed by atoms with Gasteiger partial charge in [-0.3, -0.25) is 9.80 Å². The first-order valence-corrected chi connectivity index (χ1v) is 13.3. The van der Waals surface area contributed by atoms with Gasteiger partial charge in [0.1, 0.15) is 0 Å². The number of ether oxygens (including phenoxy) is 1. The van der Waals surface area contributed by atoms with E-state index in [9.17, 15) is 0 Å². The summed E-state index contributed by atoms with van der Waals surface area (Å²) in [6, 6.07) is 30.7. The van der Waals surface area contributed by atoms with E-state index in [1.165, 1.54) is 35.1 Å².